The van der Waals surface area contributed by atoms with Crippen LogP contribution in [0.5, 0.6) is 0 Å². The van der Waals surface area contributed by atoms with Crippen LogP contribution in [0.25, 0.3) is 0 Å². The van der Waals surface area contributed by atoms with E-state index >= 15 is 0 Å². The van der Waals surface area contributed by atoms with Crippen molar-refractivity contribution in [2.24, 2.45) is 0 Å². The highest BCUT2D eigenvalue weighted by atomic mass is 16.2. The summed E-state index contributed by atoms with van der Waals surface area (Å²) in [5, 5.41) is 3.40. The van der Waals surface area contributed by atoms with Gasteiger partial charge in [0.15, 0.2) is 0 Å². The number of fused-ring (bicyclic) bond motifs is 1. The van der Waals surface area contributed by atoms with Gasteiger partial charge in [0.2, 0.25) is 5.91 Å². The second-order valence-corrected chi connectivity index (χ2v) is 5.27. The van der Waals surface area contributed by atoms with Crippen LogP contribution in [0.4, 0.5) is 0 Å². The maximum Gasteiger partial charge on any atom is 0.260 e. The summed E-state index contributed by atoms with van der Waals surface area (Å²) in [6, 6.07) is 8.05. The van der Waals surface area contributed by atoms with Gasteiger partial charge in [-0.25, -0.2) is 0 Å². The van der Waals surface area contributed by atoms with E-state index in [2.05, 4.69) is 5.32 Å². The lowest BCUT2D eigenvalue weighted by molar-refractivity contribution is -0.128. The van der Waals surface area contributed by atoms with Crippen LogP contribution in [-0.4, -0.2) is 35.8 Å². The van der Waals surface area contributed by atoms with Crippen LogP contribution < -0.4 is 5.32 Å². The molecular weight excluding hydrogens is 240 g/mol. The van der Waals surface area contributed by atoms with E-state index in [4.69, 9.17) is 0 Å². The van der Waals surface area contributed by atoms with Gasteiger partial charge in [0.25, 0.3) is 5.91 Å². The fourth-order valence-corrected chi connectivity index (χ4v) is 2.46. The molecule has 0 saturated heterocycles. The first-order chi connectivity index (χ1) is 9.25. The molecule has 100 valence electrons. The van der Waals surface area contributed by atoms with E-state index in [0.29, 0.717) is 24.6 Å². The number of amides is 2. The lowest BCUT2D eigenvalue weighted by atomic mass is 9.98. The molecule has 0 bridgehead atoms. The van der Waals surface area contributed by atoms with Gasteiger partial charge in [-0.15, -0.1) is 0 Å². The molecule has 1 aromatic carbocycles. The highest BCUT2D eigenvalue weighted by Crippen LogP contribution is 2.20. The Hall–Kier alpha value is -1.68. The van der Waals surface area contributed by atoms with E-state index in [1.807, 2.05) is 18.2 Å². The third kappa shape index (κ3) is 2.68. The van der Waals surface area contributed by atoms with E-state index in [9.17, 15) is 9.59 Å². The zero-order valence-electron chi connectivity index (χ0n) is 10.9. The topological polar surface area (TPSA) is 49.4 Å². The number of nitrogens with one attached hydrogen (secondary N) is 1. The van der Waals surface area contributed by atoms with Gasteiger partial charge in [-0.2, -0.15) is 0 Å². The minimum Gasteiger partial charge on any atom is -0.314 e. The monoisotopic (exact) mass is 258 g/mol. The second-order valence-electron chi connectivity index (χ2n) is 5.27. The molecule has 2 amide bonds. The van der Waals surface area contributed by atoms with E-state index < -0.39 is 0 Å². The molecule has 2 aliphatic rings. The fraction of sp³-hybridized carbons (Fsp3) is 0.467. The van der Waals surface area contributed by atoms with E-state index in [1.54, 1.807) is 6.07 Å². The second kappa shape index (κ2) is 5.13. The molecule has 4 heteroatoms. The fourth-order valence-electron chi connectivity index (χ4n) is 2.46. The van der Waals surface area contributed by atoms with Crippen LogP contribution in [-0.2, 0) is 11.2 Å². The first kappa shape index (κ1) is 12.4. The number of hydrogen-bond donors (Lipinski definition) is 1. The van der Waals surface area contributed by atoms with Gasteiger partial charge >= 0.3 is 0 Å². The number of carbonyl (C=O) groups is 2. The lowest BCUT2D eigenvalue weighted by Gasteiger charge is -2.26. The molecule has 0 aromatic heterocycles. The highest BCUT2D eigenvalue weighted by Gasteiger charge is 2.30. The van der Waals surface area contributed by atoms with Crippen LogP contribution in [0, 0.1) is 0 Å². The van der Waals surface area contributed by atoms with Crippen LogP contribution in [0.3, 0.4) is 0 Å². The van der Waals surface area contributed by atoms with Crippen molar-refractivity contribution in [2.45, 2.75) is 31.7 Å². The van der Waals surface area contributed by atoms with Gasteiger partial charge < -0.3 is 5.32 Å². The third-order valence-corrected chi connectivity index (χ3v) is 3.70. The zero-order chi connectivity index (χ0) is 13.2. The highest BCUT2D eigenvalue weighted by molar-refractivity contribution is 6.09. The van der Waals surface area contributed by atoms with Gasteiger partial charge in [-0.1, -0.05) is 18.2 Å². The Morgan fingerprint density at radius 2 is 2.00 bits per heavy atom. The van der Waals surface area contributed by atoms with Gasteiger partial charge in [0.1, 0.15) is 0 Å². The van der Waals surface area contributed by atoms with E-state index in [1.165, 1.54) is 17.7 Å². The summed E-state index contributed by atoms with van der Waals surface area (Å²) in [4.78, 5) is 25.6. The third-order valence-electron chi connectivity index (χ3n) is 3.70. The average Bonchev–Trinajstić information content (AvgIpc) is 3.22. The summed E-state index contributed by atoms with van der Waals surface area (Å²) in [5.41, 5.74) is 1.53. The molecule has 1 saturated carbocycles. The van der Waals surface area contributed by atoms with Crippen molar-refractivity contribution in [1.29, 1.82) is 0 Å². The minimum atomic E-state index is -0.140. The normalized spacial score (nSPS) is 18.6. The summed E-state index contributed by atoms with van der Waals surface area (Å²) >= 11 is 0. The van der Waals surface area contributed by atoms with Crippen molar-refractivity contribution in [3.8, 4) is 0 Å². The minimum absolute atomic E-state index is 0.0740. The van der Waals surface area contributed by atoms with Crippen molar-refractivity contribution in [3.63, 3.8) is 0 Å². The smallest absolute Gasteiger partial charge is 0.260 e. The predicted octanol–water partition coefficient (Wildman–Crippen LogP) is 1.35. The molecule has 0 atom stereocenters. The molecule has 1 heterocycles. The Kier molecular flexibility index (Phi) is 3.34. The Balaban J connectivity index is 1.61. The largest absolute Gasteiger partial charge is 0.314 e. The Morgan fingerprint density at radius 1 is 1.21 bits per heavy atom. The number of carbonyl (C=O) groups excluding carboxylic acids is 2. The molecule has 1 aliphatic heterocycles. The van der Waals surface area contributed by atoms with E-state index in [0.717, 1.165) is 18.5 Å². The van der Waals surface area contributed by atoms with E-state index in [-0.39, 0.29) is 11.8 Å². The van der Waals surface area contributed by atoms with Crippen molar-refractivity contribution in [2.75, 3.05) is 13.1 Å². The molecule has 0 unspecified atom stereocenters. The van der Waals surface area contributed by atoms with Gasteiger partial charge in [0, 0.05) is 18.2 Å². The van der Waals surface area contributed by atoms with Crippen molar-refractivity contribution < 1.29 is 9.59 Å². The van der Waals surface area contributed by atoms with Crippen LogP contribution in [0.2, 0.25) is 0 Å². The summed E-state index contributed by atoms with van der Waals surface area (Å²) in [6.45, 7) is 1.40. The Labute approximate surface area is 112 Å². The van der Waals surface area contributed by atoms with Gasteiger partial charge in [0.05, 0.1) is 6.42 Å². The molecule has 1 aromatic rings. The average molecular weight is 258 g/mol. The molecule has 19 heavy (non-hydrogen) atoms. The summed E-state index contributed by atoms with van der Waals surface area (Å²) in [5.74, 6) is -0.214. The SMILES string of the molecule is O=C1Cc2ccccc2C(=O)N1CCCNC1CC1. The standard InChI is InChI=1S/C15H18N2O2/c18-14-10-11-4-1-2-5-13(11)15(19)17(14)9-3-8-16-12-6-7-12/h1-2,4-5,12,16H,3,6-10H2. The van der Waals surface area contributed by atoms with Crippen LogP contribution >= 0.6 is 0 Å². The summed E-state index contributed by atoms with van der Waals surface area (Å²) in [7, 11) is 0. The summed E-state index contributed by atoms with van der Waals surface area (Å²) in [6.07, 6.45) is 3.69. The van der Waals surface area contributed by atoms with Crippen LogP contribution in [0.1, 0.15) is 35.2 Å². The van der Waals surface area contributed by atoms with Gasteiger partial charge in [-0.3, -0.25) is 14.5 Å². The summed E-state index contributed by atoms with van der Waals surface area (Å²) < 4.78 is 0. The number of imide groups is 1. The number of nitrogens with zero attached hydrogens (tertiary/aromatic N) is 1. The maximum absolute atomic E-state index is 12.3. The molecule has 1 aliphatic carbocycles. The van der Waals surface area contributed by atoms with Crippen molar-refractivity contribution in [3.05, 3.63) is 35.4 Å². The molecule has 3 rings (SSSR count). The quantitative estimate of drug-likeness (QED) is 0.641. The Morgan fingerprint density at radius 3 is 2.79 bits per heavy atom. The number of hydrogen-bond acceptors (Lipinski definition) is 3. The Bertz CT molecular complexity index is 509. The van der Waals surface area contributed by atoms with Crippen LogP contribution in [0.15, 0.2) is 24.3 Å². The van der Waals surface area contributed by atoms with Crippen molar-refractivity contribution in [1.82, 2.24) is 10.2 Å². The first-order valence-electron chi connectivity index (χ1n) is 6.91. The van der Waals surface area contributed by atoms with Crippen molar-refractivity contribution >= 4 is 11.8 Å². The molecule has 0 spiro atoms. The molecule has 4 nitrogen and oxygen atoms in total. The molecule has 1 N–H and O–H groups in total. The number of rotatable bonds is 5. The number of benzene rings is 1. The molecule has 0 radical (unpaired) electrons. The maximum atomic E-state index is 12.3. The molecular formula is C15H18N2O2. The molecule has 1 fully saturated rings. The van der Waals surface area contributed by atoms with Gasteiger partial charge in [-0.05, 0) is 37.4 Å². The zero-order valence-corrected chi connectivity index (χ0v) is 10.9. The predicted molar refractivity (Wildman–Crippen MR) is 71.8 cm³/mol. The lowest BCUT2D eigenvalue weighted by Crippen LogP contribution is -2.43. The first-order valence-corrected chi connectivity index (χ1v) is 6.91.